The Morgan fingerprint density at radius 3 is 2.16 bits per heavy atom. The number of hydrogen-bond donors (Lipinski definition) is 0. The van der Waals surface area contributed by atoms with Crippen LogP contribution in [0.3, 0.4) is 0 Å². The molecule has 0 bridgehead atoms. The van der Waals surface area contributed by atoms with Gasteiger partial charge in [0, 0.05) is 38.2 Å². The summed E-state index contributed by atoms with van der Waals surface area (Å²) in [6, 6.07) is 6.03. The van der Waals surface area contributed by atoms with Crippen LogP contribution >= 0.6 is 0 Å². The zero-order valence-corrected chi connectivity index (χ0v) is 14.5. The Morgan fingerprint density at radius 2 is 1.52 bits per heavy atom. The topological polar surface area (TPSA) is 40.6 Å². The minimum atomic E-state index is -0.290. The van der Waals surface area contributed by atoms with Crippen LogP contribution in [0.1, 0.15) is 37.7 Å². The van der Waals surface area contributed by atoms with Gasteiger partial charge in [0.1, 0.15) is 5.82 Å². The van der Waals surface area contributed by atoms with E-state index in [1.54, 1.807) is 23.1 Å². The van der Waals surface area contributed by atoms with E-state index >= 15 is 0 Å². The zero-order chi connectivity index (χ0) is 17.6. The number of carbonyl (C=O) groups excluding carboxylic acids is 2. The number of halogens is 1. The van der Waals surface area contributed by atoms with Crippen molar-refractivity contribution in [1.82, 2.24) is 9.80 Å². The molecule has 1 saturated heterocycles. The molecular formula is C20H25FN2O2. The number of benzene rings is 1. The molecule has 4 nitrogen and oxygen atoms in total. The summed E-state index contributed by atoms with van der Waals surface area (Å²) >= 11 is 0. The maximum absolute atomic E-state index is 12.9. The van der Waals surface area contributed by atoms with E-state index in [1.165, 1.54) is 24.6 Å². The number of rotatable bonds is 3. The van der Waals surface area contributed by atoms with Crippen molar-refractivity contribution in [3.8, 4) is 0 Å². The average Bonchev–Trinajstić information content (AvgIpc) is 2.67. The molecule has 2 amide bonds. The minimum absolute atomic E-state index is 0.0610. The monoisotopic (exact) mass is 344 g/mol. The molecule has 0 N–H and O–H groups in total. The van der Waals surface area contributed by atoms with Crippen LogP contribution in [-0.4, -0.2) is 47.8 Å². The highest BCUT2D eigenvalue weighted by Crippen LogP contribution is 2.25. The van der Waals surface area contributed by atoms with E-state index < -0.39 is 0 Å². The third-order valence-electron chi connectivity index (χ3n) is 5.15. The van der Waals surface area contributed by atoms with Crippen LogP contribution in [0.25, 0.3) is 6.08 Å². The highest BCUT2D eigenvalue weighted by atomic mass is 19.1. The lowest BCUT2D eigenvalue weighted by Gasteiger charge is -2.36. The Bertz CT molecular complexity index is 628. The fourth-order valence-corrected chi connectivity index (χ4v) is 3.60. The molecule has 3 rings (SSSR count). The van der Waals surface area contributed by atoms with Gasteiger partial charge in [-0.25, -0.2) is 4.39 Å². The molecule has 1 aromatic rings. The SMILES string of the molecule is O=C(/C=C/c1ccc(F)cc1)N1CCN(C(=O)C2CCCCC2)CC1. The highest BCUT2D eigenvalue weighted by molar-refractivity contribution is 5.92. The Labute approximate surface area is 148 Å². The van der Waals surface area contributed by atoms with Crippen LogP contribution in [0.15, 0.2) is 30.3 Å². The molecule has 0 aromatic heterocycles. The standard InChI is InChI=1S/C20H25FN2O2/c21-18-9-6-16(7-10-18)8-11-19(24)22-12-14-23(15-13-22)20(25)17-4-2-1-3-5-17/h6-11,17H,1-5,12-15H2/b11-8+. The van der Waals surface area contributed by atoms with Gasteiger partial charge in [-0.05, 0) is 36.6 Å². The normalized spacial score (nSPS) is 19.4. The highest BCUT2D eigenvalue weighted by Gasteiger charge is 2.29. The average molecular weight is 344 g/mol. The minimum Gasteiger partial charge on any atom is -0.339 e. The third kappa shape index (κ3) is 4.68. The van der Waals surface area contributed by atoms with E-state index in [0.29, 0.717) is 26.2 Å². The summed E-state index contributed by atoms with van der Waals surface area (Å²) in [6.45, 7) is 2.38. The summed E-state index contributed by atoms with van der Waals surface area (Å²) in [7, 11) is 0. The maximum atomic E-state index is 12.9. The van der Waals surface area contributed by atoms with E-state index in [0.717, 1.165) is 31.2 Å². The maximum Gasteiger partial charge on any atom is 0.246 e. The van der Waals surface area contributed by atoms with E-state index in [1.807, 2.05) is 4.90 Å². The Morgan fingerprint density at radius 1 is 0.920 bits per heavy atom. The van der Waals surface area contributed by atoms with Gasteiger partial charge in [-0.3, -0.25) is 9.59 Å². The molecule has 1 aromatic carbocycles. The number of hydrogen-bond acceptors (Lipinski definition) is 2. The quantitative estimate of drug-likeness (QED) is 0.791. The van der Waals surface area contributed by atoms with E-state index in [4.69, 9.17) is 0 Å². The fraction of sp³-hybridized carbons (Fsp3) is 0.500. The second kappa shape index (κ2) is 8.28. The van der Waals surface area contributed by atoms with Crippen LogP contribution < -0.4 is 0 Å². The van der Waals surface area contributed by atoms with Crippen molar-refractivity contribution in [3.63, 3.8) is 0 Å². The van der Waals surface area contributed by atoms with Crippen molar-refractivity contribution in [3.05, 3.63) is 41.7 Å². The number of nitrogens with zero attached hydrogens (tertiary/aromatic N) is 2. The smallest absolute Gasteiger partial charge is 0.246 e. The van der Waals surface area contributed by atoms with Gasteiger partial charge in [0.15, 0.2) is 0 Å². The molecule has 1 aliphatic heterocycles. The van der Waals surface area contributed by atoms with Crippen molar-refractivity contribution in [2.75, 3.05) is 26.2 Å². The molecule has 1 heterocycles. The van der Waals surface area contributed by atoms with E-state index in [-0.39, 0.29) is 23.5 Å². The molecule has 1 saturated carbocycles. The zero-order valence-electron chi connectivity index (χ0n) is 14.5. The van der Waals surface area contributed by atoms with Crippen molar-refractivity contribution >= 4 is 17.9 Å². The molecule has 2 fully saturated rings. The molecule has 0 spiro atoms. The Balaban J connectivity index is 1.48. The first kappa shape index (κ1) is 17.6. The first-order valence-electron chi connectivity index (χ1n) is 9.15. The van der Waals surface area contributed by atoms with Gasteiger partial charge < -0.3 is 9.80 Å². The molecule has 2 aliphatic rings. The molecule has 25 heavy (non-hydrogen) atoms. The van der Waals surface area contributed by atoms with Crippen molar-refractivity contribution in [1.29, 1.82) is 0 Å². The van der Waals surface area contributed by atoms with Gasteiger partial charge in [0.25, 0.3) is 0 Å². The van der Waals surface area contributed by atoms with Gasteiger partial charge in [0.05, 0.1) is 0 Å². The number of amides is 2. The van der Waals surface area contributed by atoms with Crippen molar-refractivity contribution < 1.29 is 14.0 Å². The van der Waals surface area contributed by atoms with Gasteiger partial charge in [0.2, 0.25) is 11.8 Å². The third-order valence-corrected chi connectivity index (χ3v) is 5.15. The summed E-state index contributed by atoms with van der Waals surface area (Å²) in [6.07, 6.45) is 8.79. The predicted octanol–water partition coefficient (Wildman–Crippen LogP) is 3.09. The van der Waals surface area contributed by atoms with Gasteiger partial charge in [-0.2, -0.15) is 0 Å². The molecule has 5 heteroatoms. The summed E-state index contributed by atoms with van der Waals surface area (Å²) in [5, 5.41) is 0. The summed E-state index contributed by atoms with van der Waals surface area (Å²) in [5.41, 5.74) is 0.792. The fourth-order valence-electron chi connectivity index (χ4n) is 3.60. The molecule has 134 valence electrons. The van der Waals surface area contributed by atoms with Crippen LogP contribution in [0.2, 0.25) is 0 Å². The second-order valence-electron chi connectivity index (χ2n) is 6.87. The first-order chi connectivity index (χ1) is 12.1. The van der Waals surface area contributed by atoms with Crippen molar-refractivity contribution in [2.24, 2.45) is 5.92 Å². The Kier molecular flexibility index (Phi) is 5.84. The molecule has 1 aliphatic carbocycles. The number of piperazine rings is 1. The van der Waals surface area contributed by atoms with E-state index in [9.17, 15) is 14.0 Å². The number of carbonyl (C=O) groups is 2. The van der Waals surface area contributed by atoms with Gasteiger partial charge >= 0.3 is 0 Å². The van der Waals surface area contributed by atoms with Crippen LogP contribution in [0, 0.1) is 11.7 Å². The van der Waals surface area contributed by atoms with Crippen LogP contribution in [-0.2, 0) is 9.59 Å². The first-order valence-corrected chi connectivity index (χ1v) is 9.15. The van der Waals surface area contributed by atoms with Crippen LogP contribution in [0.4, 0.5) is 4.39 Å². The molecular weight excluding hydrogens is 319 g/mol. The van der Waals surface area contributed by atoms with Gasteiger partial charge in [-0.15, -0.1) is 0 Å². The molecule has 0 atom stereocenters. The predicted molar refractivity (Wildman–Crippen MR) is 95.2 cm³/mol. The van der Waals surface area contributed by atoms with Gasteiger partial charge in [-0.1, -0.05) is 31.4 Å². The summed E-state index contributed by atoms with van der Waals surface area (Å²) in [4.78, 5) is 28.5. The van der Waals surface area contributed by atoms with Crippen molar-refractivity contribution in [2.45, 2.75) is 32.1 Å². The van der Waals surface area contributed by atoms with Crippen LogP contribution in [0.5, 0.6) is 0 Å². The lowest BCUT2D eigenvalue weighted by molar-refractivity contribution is -0.141. The lowest BCUT2D eigenvalue weighted by Crippen LogP contribution is -2.51. The summed E-state index contributed by atoms with van der Waals surface area (Å²) in [5.74, 6) is 0.111. The van der Waals surface area contributed by atoms with E-state index in [2.05, 4.69) is 0 Å². The largest absolute Gasteiger partial charge is 0.339 e. The second-order valence-corrected chi connectivity index (χ2v) is 6.87. The summed E-state index contributed by atoms with van der Waals surface area (Å²) < 4.78 is 12.9. The lowest BCUT2D eigenvalue weighted by atomic mass is 9.88. The Hall–Kier alpha value is -2.17. The molecule has 0 unspecified atom stereocenters. The molecule has 0 radical (unpaired) electrons.